The van der Waals surface area contributed by atoms with Gasteiger partial charge in [0, 0.05) is 31.9 Å². The first-order valence-electron chi connectivity index (χ1n) is 8.31. The van der Waals surface area contributed by atoms with Gasteiger partial charge in [0.05, 0.1) is 6.54 Å². The number of nitrogens with two attached hydrogens (primary N) is 1. The van der Waals surface area contributed by atoms with Crippen molar-refractivity contribution in [3.8, 4) is 0 Å². The minimum Gasteiger partial charge on any atom is -0.370 e. The van der Waals surface area contributed by atoms with E-state index >= 15 is 0 Å². The predicted octanol–water partition coefficient (Wildman–Crippen LogP) is 2.22. The third kappa shape index (κ3) is 4.15. The Morgan fingerprint density at radius 3 is 2.83 bits per heavy atom. The Morgan fingerprint density at radius 2 is 2.13 bits per heavy atom. The molecule has 0 spiro atoms. The lowest BCUT2D eigenvalue weighted by Crippen LogP contribution is -2.35. The number of amides is 2. The van der Waals surface area contributed by atoms with E-state index in [2.05, 4.69) is 10.3 Å². The van der Waals surface area contributed by atoms with E-state index in [1.54, 1.807) is 0 Å². The molecule has 2 fully saturated rings. The van der Waals surface area contributed by atoms with Crippen LogP contribution in [0, 0.1) is 0 Å². The number of urea groups is 1. The van der Waals surface area contributed by atoms with E-state index in [1.807, 2.05) is 41.1 Å². The lowest BCUT2D eigenvalue weighted by molar-refractivity contribution is 0.222. The van der Waals surface area contributed by atoms with Crippen molar-refractivity contribution < 1.29 is 4.79 Å². The Kier molecular flexibility index (Phi) is 4.69. The molecule has 0 aromatic heterocycles. The molecule has 1 saturated carbocycles. The zero-order valence-corrected chi connectivity index (χ0v) is 13.7. The third-order valence-corrected chi connectivity index (χ3v) is 4.45. The van der Waals surface area contributed by atoms with Gasteiger partial charge in [-0.15, -0.1) is 0 Å². The van der Waals surface area contributed by atoms with Gasteiger partial charge in [0.25, 0.3) is 0 Å². The third-order valence-electron chi connectivity index (χ3n) is 4.45. The van der Waals surface area contributed by atoms with Gasteiger partial charge in [0.2, 0.25) is 0 Å². The van der Waals surface area contributed by atoms with Crippen molar-refractivity contribution in [2.45, 2.75) is 38.3 Å². The van der Waals surface area contributed by atoms with E-state index in [9.17, 15) is 4.79 Å². The summed E-state index contributed by atoms with van der Waals surface area (Å²) in [4.78, 5) is 20.5. The second-order valence-electron chi connectivity index (χ2n) is 6.34. The first kappa shape index (κ1) is 15.6. The summed E-state index contributed by atoms with van der Waals surface area (Å²) in [6.07, 6.45) is 4.58. The number of rotatable bonds is 4. The highest BCUT2D eigenvalue weighted by atomic mass is 16.2. The Morgan fingerprint density at radius 1 is 1.39 bits per heavy atom. The molecule has 0 bridgehead atoms. The Balaban J connectivity index is 1.58. The number of aliphatic imine (C=N–C) groups is 1. The summed E-state index contributed by atoms with van der Waals surface area (Å²) in [5.41, 5.74) is 7.85. The predicted molar refractivity (Wildman–Crippen MR) is 92.4 cm³/mol. The number of benzene rings is 1. The molecule has 2 amide bonds. The highest BCUT2D eigenvalue weighted by molar-refractivity contribution is 5.89. The van der Waals surface area contributed by atoms with E-state index < -0.39 is 0 Å². The number of likely N-dealkylation sites (tertiary alicyclic amines) is 1. The molecule has 3 rings (SSSR count). The molecule has 6 nitrogen and oxygen atoms in total. The molecule has 0 atom stereocenters. The minimum atomic E-state index is -0.0175. The van der Waals surface area contributed by atoms with Gasteiger partial charge in [0.15, 0.2) is 5.96 Å². The van der Waals surface area contributed by atoms with Crippen molar-refractivity contribution >= 4 is 17.7 Å². The maximum absolute atomic E-state index is 12.1. The van der Waals surface area contributed by atoms with E-state index in [4.69, 9.17) is 5.73 Å². The molecule has 6 heteroatoms. The number of nitrogens with one attached hydrogen (secondary N) is 1. The number of anilines is 1. The van der Waals surface area contributed by atoms with Crippen LogP contribution in [0.25, 0.3) is 0 Å². The zero-order chi connectivity index (χ0) is 16.2. The molecule has 1 aliphatic heterocycles. The number of carbonyl (C=O) groups is 1. The van der Waals surface area contributed by atoms with Crippen molar-refractivity contribution in [1.29, 1.82) is 0 Å². The summed E-state index contributed by atoms with van der Waals surface area (Å²) in [5, 5.41) is 2.96. The van der Waals surface area contributed by atoms with Crippen molar-refractivity contribution in [1.82, 2.24) is 9.80 Å². The zero-order valence-electron chi connectivity index (χ0n) is 13.7. The van der Waals surface area contributed by atoms with Gasteiger partial charge in [-0.05, 0) is 43.4 Å². The molecule has 1 heterocycles. The molecule has 124 valence electrons. The minimum absolute atomic E-state index is 0.0175. The molecule has 1 aromatic rings. The number of hydrogen-bond donors (Lipinski definition) is 2. The molecule has 1 aromatic carbocycles. The van der Waals surface area contributed by atoms with Crippen LogP contribution in [0.1, 0.15) is 31.2 Å². The van der Waals surface area contributed by atoms with E-state index in [1.165, 1.54) is 12.8 Å². The van der Waals surface area contributed by atoms with Gasteiger partial charge in [-0.1, -0.05) is 12.1 Å². The molecule has 1 saturated heterocycles. The Labute approximate surface area is 137 Å². The van der Waals surface area contributed by atoms with Crippen LogP contribution in [0.3, 0.4) is 0 Å². The lowest BCUT2D eigenvalue weighted by Gasteiger charge is -2.17. The van der Waals surface area contributed by atoms with Gasteiger partial charge in [-0.2, -0.15) is 0 Å². The number of carbonyl (C=O) groups excluding carboxylic acids is 1. The first-order chi connectivity index (χ1) is 11.1. The van der Waals surface area contributed by atoms with Gasteiger partial charge < -0.3 is 20.9 Å². The molecule has 0 unspecified atom stereocenters. The number of hydrogen-bond acceptors (Lipinski definition) is 2. The fourth-order valence-electron chi connectivity index (χ4n) is 2.80. The largest absolute Gasteiger partial charge is 0.370 e. The Bertz CT molecular complexity index is 590. The molecular formula is C17H25N5O. The second kappa shape index (κ2) is 6.89. The summed E-state index contributed by atoms with van der Waals surface area (Å²) in [5.74, 6) is 0.582. The van der Waals surface area contributed by atoms with Crippen LogP contribution in [0.4, 0.5) is 10.5 Å². The normalized spacial score (nSPS) is 18.1. The van der Waals surface area contributed by atoms with Gasteiger partial charge >= 0.3 is 6.03 Å². The number of guanidine groups is 1. The fourth-order valence-corrected chi connectivity index (χ4v) is 2.80. The molecular weight excluding hydrogens is 290 g/mol. The maximum Gasteiger partial charge on any atom is 0.321 e. The van der Waals surface area contributed by atoms with Crippen LogP contribution in [-0.2, 0) is 6.54 Å². The highest BCUT2D eigenvalue weighted by Crippen LogP contribution is 2.25. The fraction of sp³-hybridized carbons (Fsp3) is 0.529. The maximum atomic E-state index is 12.1. The van der Waals surface area contributed by atoms with Crippen LogP contribution >= 0.6 is 0 Å². The molecule has 3 N–H and O–H groups in total. The van der Waals surface area contributed by atoms with Crippen molar-refractivity contribution in [2.24, 2.45) is 10.7 Å². The van der Waals surface area contributed by atoms with Gasteiger partial charge in [-0.25, -0.2) is 9.79 Å². The van der Waals surface area contributed by atoms with Crippen LogP contribution in [0.15, 0.2) is 29.3 Å². The summed E-state index contributed by atoms with van der Waals surface area (Å²) in [7, 11) is 1.99. The average molecular weight is 315 g/mol. The summed E-state index contributed by atoms with van der Waals surface area (Å²) in [6, 6.07) is 8.34. The average Bonchev–Trinajstić information content (AvgIpc) is 3.26. The molecule has 2 aliphatic rings. The van der Waals surface area contributed by atoms with Crippen molar-refractivity contribution in [3.63, 3.8) is 0 Å². The Hall–Kier alpha value is -2.24. The van der Waals surface area contributed by atoms with E-state index in [0.29, 0.717) is 18.5 Å². The highest BCUT2D eigenvalue weighted by Gasteiger charge is 2.27. The molecule has 0 radical (unpaired) electrons. The number of nitrogens with zero attached hydrogens (tertiary/aromatic N) is 3. The van der Waals surface area contributed by atoms with Crippen LogP contribution < -0.4 is 11.1 Å². The topological polar surface area (TPSA) is 74.0 Å². The standard InChI is InChI=1S/C17H25N5O/c1-21(15-7-8-15)16(18)19-12-13-5-4-6-14(11-13)20-17(23)22-9-2-3-10-22/h4-6,11,15H,2-3,7-10,12H2,1H3,(H2,18,19)(H,20,23). The van der Waals surface area contributed by atoms with Crippen LogP contribution in [0.5, 0.6) is 0 Å². The SMILES string of the molecule is CN(C(N)=NCc1cccc(NC(=O)N2CCCC2)c1)C1CC1. The second-order valence-corrected chi connectivity index (χ2v) is 6.34. The van der Waals surface area contributed by atoms with Crippen LogP contribution in [-0.4, -0.2) is 48.0 Å². The lowest BCUT2D eigenvalue weighted by atomic mass is 10.2. The molecule has 23 heavy (non-hydrogen) atoms. The first-order valence-corrected chi connectivity index (χ1v) is 8.31. The summed E-state index contributed by atoms with van der Waals surface area (Å²) in [6.45, 7) is 2.22. The van der Waals surface area contributed by atoms with Crippen LogP contribution in [0.2, 0.25) is 0 Å². The summed E-state index contributed by atoms with van der Waals surface area (Å²) < 4.78 is 0. The van der Waals surface area contributed by atoms with Gasteiger partial charge in [0.1, 0.15) is 0 Å². The quantitative estimate of drug-likeness (QED) is 0.661. The van der Waals surface area contributed by atoms with E-state index in [-0.39, 0.29) is 6.03 Å². The monoisotopic (exact) mass is 315 g/mol. The smallest absolute Gasteiger partial charge is 0.321 e. The van der Waals surface area contributed by atoms with Crippen molar-refractivity contribution in [3.05, 3.63) is 29.8 Å². The van der Waals surface area contributed by atoms with Crippen molar-refractivity contribution in [2.75, 3.05) is 25.5 Å². The van der Waals surface area contributed by atoms with E-state index in [0.717, 1.165) is 37.2 Å². The molecule has 1 aliphatic carbocycles. The summed E-state index contributed by atoms with van der Waals surface area (Å²) >= 11 is 0. The van der Waals surface area contributed by atoms with Gasteiger partial charge in [-0.3, -0.25) is 0 Å².